The summed E-state index contributed by atoms with van der Waals surface area (Å²) < 4.78 is 11.0. The third kappa shape index (κ3) is 3.68. The molecule has 0 bridgehead atoms. The Morgan fingerprint density at radius 2 is 1.52 bits per heavy atom. The van der Waals surface area contributed by atoms with Gasteiger partial charge in [-0.3, -0.25) is 0 Å². The van der Waals surface area contributed by atoms with Gasteiger partial charge in [-0.05, 0) is 16.9 Å². The minimum absolute atomic E-state index is 0.0721. The van der Waals surface area contributed by atoms with Crippen LogP contribution in [0.15, 0.2) is 73.3 Å². The monoisotopic (exact) mass is 298 g/mol. The first-order chi connectivity index (χ1) is 10.2. The van der Waals surface area contributed by atoms with Gasteiger partial charge in [0, 0.05) is 6.08 Å². The van der Waals surface area contributed by atoms with E-state index in [1.165, 1.54) is 0 Å². The van der Waals surface area contributed by atoms with Crippen LogP contribution >= 0.6 is 0 Å². The van der Waals surface area contributed by atoms with Crippen molar-refractivity contribution in [1.29, 1.82) is 0 Å². The molecule has 0 aliphatic heterocycles. The van der Waals surface area contributed by atoms with Crippen molar-refractivity contribution in [3.63, 3.8) is 0 Å². The Balaban J connectivity index is 2.27. The first-order valence-electron chi connectivity index (χ1n) is 6.71. The Morgan fingerprint density at radius 3 is 1.95 bits per heavy atom. The van der Waals surface area contributed by atoms with Crippen LogP contribution in [0.25, 0.3) is 0 Å². The standard InChI is InChI=1S/C17H18O3Si/c1-3-17(18)19-14-20-21(2,15-10-6-4-7-11-15)16-12-8-5-9-13-16/h3-13H,1,14H2,2H3. The van der Waals surface area contributed by atoms with Crippen LogP contribution in [-0.4, -0.2) is 21.1 Å². The number of ether oxygens (including phenoxy) is 1. The van der Waals surface area contributed by atoms with E-state index in [-0.39, 0.29) is 6.79 Å². The van der Waals surface area contributed by atoms with E-state index in [1.807, 2.05) is 36.4 Å². The predicted octanol–water partition coefficient (Wildman–Crippen LogP) is 2.08. The zero-order valence-corrected chi connectivity index (χ0v) is 13.0. The van der Waals surface area contributed by atoms with E-state index in [2.05, 4.69) is 37.4 Å². The molecule has 0 heterocycles. The number of rotatable bonds is 6. The number of carbonyl (C=O) groups is 1. The average molecular weight is 298 g/mol. The van der Waals surface area contributed by atoms with E-state index in [0.717, 1.165) is 16.4 Å². The Hall–Kier alpha value is -2.17. The molecule has 0 amide bonds. The summed E-state index contributed by atoms with van der Waals surface area (Å²) in [5.41, 5.74) is 0. The Morgan fingerprint density at radius 1 is 1.05 bits per heavy atom. The van der Waals surface area contributed by atoms with Crippen molar-refractivity contribution >= 4 is 24.7 Å². The van der Waals surface area contributed by atoms with Crippen molar-refractivity contribution in [1.82, 2.24) is 0 Å². The van der Waals surface area contributed by atoms with Gasteiger partial charge in [-0.1, -0.05) is 67.2 Å². The second-order valence-electron chi connectivity index (χ2n) is 4.69. The molecule has 21 heavy (non-hydrogen) atoms. The predicted molar refractivity (Wildman–Crippen MR) is 86.0 cm³/mol. The van der Waals surface area contributed by atoms with Gasteiger partial charge in [-0.25, -0.2) is 4.79 Å². The summed E-state index contributed by atoms with van der Waals surface area (Å²) in [6.07, 6.45) is 1.13. The van der Waals surface area contributed by atoms with Gasteiger partial charge >= 0.3 is 5.97 Å². The number of hydrogen-bond donors (Lipinski definition) is 0. The van der Waals surface area contributed by atoms with Gasteiger partial charge in [0.1, 0.15) is 0 Å². The number of benzene rings is 2. The first-order valence-corrected chi connectivity index (χ1v) is 9.12. The maximum absolute atomic E-state index is 11.2. The topological polar surface area (TPSA) is 35.5 Å². The Bertz CT molecular complexity index is 556. The molecule has 0 unspecified atom stereocenters. The molecule has 2 aromatic carbocycles. The van der Waals surface area contributed by atoms with E-state index in [1.54, 1.807) is 0 Å². The zero-order chi connectivity index (χ0) is 15.1. The van der Waals surface area contributed by atoms with Gasteiger partial charge in [0.25, 0.3) is 8.32 Å². The Labute approximate surface area is 126 Å². The molecule has 0 N–H and O–H groups in total. The zero-order valence-electron chi connectivity index (χ0n) is 12.0. The fourth-order valence-electron chi connectivity index (χ4n) is 2.11. The summed E-state index contributed by atoms with van der Waals surface area (Å²) in [4.78, 5) is 11.2. The van der Waals surface area contributed by atoms with Crippen molar-refractivity contribution in [3.05, 3.63) is 73.3 Å². The molecule has 3 nitrogen and oxygen atoms in total. The molecule has 0 radical (unpaired) electrons. The Kier molecular flexibility index (Phi) is 5.08. The molecule has 2 aromatic rings. The van der Waals surface area contributed by atoms with Crippen LogP contribution in [0.5, 0.6) is 0 Å². The van der Waals surface area contributed by atoms with Crippen LogP contribution in [-0.2, 0) is 14.0 Å². The van der Waals surface area contributed by atoms with Crippen LogP contribution < -0.4 is 10.4 Å². The second-order valence-corrected chi connectivity index (χ2v) is 8.20. The average Bonchev–Trinajstić information content (AvgIpc) is 2.56. The van der Waals surface area contributed by atoms with Crippen LogP contribution in [0.4, 0.5) is 0 Å². The summed E-state index contributed by atoms with van der Waals surface area (Å²) >= 11 is 0. The normalized spacial score (nSPS) is 10.9. The van der Waals surface area contributed by atoms with Gasteiger partial charge in [0.2, 0.25) is 0 Å². The van der Waals surface area contributed by atoms with E-state index in [4.69, 9.17) is 9.16 Å². The van der Waals surface area contributed by atoms with Crippen LogP contribution in [0, 0.1) is 0 Å². The molecule has 0 fully saturated rings. The van der Waals surface area contributed by atoms with Crippen molar-refractivity contribution in [3.8, 4) is 0 Å². The van der Waals surface area contributed by atoms with Crippen LogP contribution in [0.1, 0.15) is 0 Å². The first kappa shape index (κ1) is 15.2. The lowest BCUT2D eigenvalue weighted by Crippen LogP contribution is -2.58. The molecular weight excluding hydrogens is 280 g/mol. The van der Waals surface area contributed by atoms with Gasteiger partial charge in [0.15, 0.2) is 6.79 Å². The third-order valence-electron chi connectivity index (χ3n) is 3.36. The molecule has 0 atom stereocenters. The van der Waals surface area contributed by atoms with Crippen LogP contribution in [0.2, 0.25) is 6.55 Å². The fourth-order valence-corrected chi connectivity index (χ4v) is 4.73. The number of hydrogen-bond acceptors (Lipinski definition) is 3. The molecule has 2 rings (SSSR count). The van der Waals surface area contributed by atoms with Gasteiger partial charge in [-0.2, -0.15) is 0 Å². The quantitative estimate of drug-likeness (QED) is 0.354. The summed E-state index contributed by atoms with van der Waals surface area (Å²) in [5.74, 6) is -0.479. The highest BCUT2D eigenvalue weighted by Gasteiger charge is 2.34. The highest BCUT2D eigenvalue weighted by atomic mass is 28.4. The molecule has 0 spiro atoms. The maximum Gasteiger partial charge on any atom is 0.332 e. The largest absolute Gasteiger partial charge is 0.436 e. The second kappa shape index (κ2) is 7.01. The summed E-state index contributed by atoms with van der Waals surface area (Å²) in [6.45, 7) is 5.40. The van der Waals surface area contributed by atoms with Gasteiger partial charge in [-0.15, -0.1) is 0 Å². The van der Waals surface area contributed by atoms with Crippen molar-refractivity contribution in [2.24, 2.45) is 0 Å². The third-order valence-corrected chi connectivity index (χ3v) is 6.93. The lowest BCUT2D eigenvalue weighted by Gasteiger charge is -2.28. The van der Waals surface area contributed by atoms with Crippen molar-refractivity contribution in [2.45, 2.75) is 6.55 Å². The summed E-state index contributed by atoms with van der Waals surface area (Å²) in [7, 11) is -2.39. The SMILES string of the molecule is C=CC(=O)OCO[Si](C)(c1ccccc1)c1ccccc1. The fraction of sp³-hybridized carbons (Fsp3) is 0.118. The number of carbonyl (C=O) groups excluding carboxylic acids is 1. The van der Waals surface area contributed by atoms with Crippen molar-refractivity contribution in [2.75, 3.05) is 6.79 Å². The van der Waals surface area contributed by atoms with Gasteiger partial charge < -0.3 is 9.16 Å². The van der Waals surface area contributed by atoms with E-state index in [9.17, 15) is 4.79 Å². The molecule has 108 valence electrons. The lowest BCUT2D eigenvalue weighted by atomic mass is 10.4. The van der Waals surface area contributed by atoms with E-state index >= 15 is 0 Å². The highest BCUT2D eigenvalue weighted by molar-refractivity contribution is 6.96. The summed E-state index contributed by atoms with van der Waals surface area (Å²) in [5, 5.41) is 2.26. The summed E-state index contributed by atoms with van der Waals surface area (Å²) in [6, 6.07) is 20.1. The lowest BCUT2D eigenvalue weighted by molar-refractivity contribution is -0.144. The maximum atomic E-state index is 11.2. The molecule has 0 aromatic heterocycles. The smallest absolute Gasteiger partial charge is 0.332 e. The van der Waals surface area contributed by atoms with Crippen LogP contribution in [0.3, 0.4) is 0 Å². The molecule has 0 aliphatic rings. The van der Waals surface area contributed by atoms with Gasteiger partial charge in [0.05, 0.1) is 0 Å². The number of esters is 1. The molecule has 0 saturated carbocycles. The van der Waals surface area contributed by atoms with E-state index in [0.29, 0.717) is 0 Å². The molecule has 0 saturated heterocycles. The minimum Gasteiger partial charge on any atom is -0.436 e. The highest BCUT2D eigenvalue weighted by Crippen LogP contribution is 2.07. The van der Waals surface area contributed by atoms with Crippen molar-refractivity contribution < 1.29 is 14.0 Å². The minimum atomic E-state index is -2.39. The molecular formula is C17H18O3Si. The van der Waals surface area contributed by atoms with E-state index < -0.39 is 14.3 Å². The molecule has 0 aliphatic carbocycles. The molecule has 4 heteroatoms.